The minimum absolute atomic E-state index is 0.297. The molecule has 2 aromatic carbocycles. The summed E-state index contributed by atoms with van der Waals surface area (Å²) in [6.07, 6.45) is 1.70. The fraction of sp³-hybridized carbons (Fsp3) is 0.188. The van der Waals surface area contributed by atoms with E-state index in [4.69, 9.17) is 27.9 Å². The summed E-state index contributed by atoms with van der Waals surface area (Å²) < 4.78 is 0. The van der Waals surface area contributed by atoms with E-state index < -0.39 is 14.7 Å². The summed E-state index contributed by atoms with van der Waals surface area (Å²) in [6.45, 7) is 5.98. The Bertz CT molecular complexity index is 637. The van der Waals surface area contributed by atoms with Crippen molar-refractivity contribution in [2.45, 2.75) is 20.8 Å². The Labute approximate surface area is 149 Å². The van der Waals surface area contributed by atoms with E-state index in [1.54, 1.807) is 6.21 Å². The topological polar surface area (TPSA) is 32.6 Å². The summed E-state index contributed by atoms with van der Waals surface area (Å²) in [7, 11) is 14.9. The summed E-state index contributed by atoms with van der Waals surface area (Å²) >= 11 is -1.92. The minimum atomic E-state index is -1.92. The molecule has 1 N–H and O–H groups in total. The van der Waals surface area contributed by atoms with Gasteiger partial charge in [0, 0.05) is 11.8 Å². The maximum absolute atomic E-state index is 9.89. The zero-order valence-corrected chi connectivity index (χ0v) is 16.4. The van der Waals surface area contributed by atoms with Gasteiger partial charge in [-0.2, -0.15) is 0 Å². The third kappa shape index (κ3) is 7.17. The number of aliphatic imine (C=N–C) groups is 1. The molecular weight excluding hydrogens is 376 g/mol. The molecule has 0 saturated heterocycles. The molecule has 0 aliphatic heterocycles. The summed E-state index contributed by atoms with van der Waals surface area (Å²) in [5.41, 5.74) is 4.90. The van der Waals surface area contributed by atoms with Crippen LogP contribution in [-0.2, 0) is 14.7 Å². The van der Waals surface area contributed by atoms with Crippen molar-refractivity contribution in [1.29, 1.82) is 0 Å². The number of halogens is 3. The van der Waals surface area contributed by atoms with Gasteiger partial charge in [0.05, 0.1) is 5.69 Å². The van der Waals surface area contributed by atoms with Gasteiger partial charge in [-0.1, -0.05) is 18.2 Å². The molecule has 117 valence electrons. The van der Waals surface area contributed by atoms with Crippen LogP contribution in [0.5, 0.6) is 5.75 Å². The Hall–Kier alpha value is -0.506. The first kappa shape index (κ1) is 19.5. The molecular formula is C16H17Cl3NOTi. The first-order chi connectivity index (χ1) is 10.3. The second kappa shape index (κ2) is 9.59. The van der Waals surface area contributed by atoms with Crippen LogP contribution < -0.4 is 0 Å². The Morgan fingerprint density at radius 2 is 1.55 bits per heavy atom. The van der Waals surface area contributed by atoms with E-state index in [1.165, 1.54) is 11.1 Å². The number of rotatable bonds is 2. The zero-order chi connectivity index (χ0) is 16.7. The molecule has 22 heavy (non-hydrogen) atoms. The van der Waals surface area contributed by atoms with E-state index in [-0.39, 0.29) is 0 Å². The molecule has 0 saturated carbocycles. The number of hydrogen-bond acceptors (Lipinski definition) is 2. The molecule has 0 radical (unpaired) electrons. The zero-order valence-electron chi connectivity index (χ0n) is 12.6. The van der Waals surface area contributed by atoms with Crippen molar-refractivity contribution in [1.82, 2.24) is 0 Å². The Morgan fingerprint density at radius 1 is 1.00 bits per heavy atom. The standard InChI is InChI=1S/C16H17NO.3ClH.Ti/c1-11-7-12(2)9-15(8-11)17-10-14-6-4-5-13(3)16(14)18;;;;/h4-10,18H,1-3H3;3*1H;/q;;;;+3/p-3. The van der Waals surface area contributed by atoms with Crippen molar-refractivity contribution in [2.75, 3.05) is 0 Å². The van der Waals surface area contributed by atoms with E-state index in [2.05, 4.69) is 24.9 Å². The van der Waals surface area contributed by atoms with Crippen molar-refractivity contribution in [2.24, 2.45) is 4.99 Å². The van der Waals surface area contributed by atoms with Gasteiger partial charge in [0.25, 0.3) is 0 Å². The quantitative estimate of drug-likeness (QED) is 0.483. The molecule has 2 aromatic rings. The normalized spacial score (nSPS) is 10.3. The molecule has 0 bridgehead atoms. The number of nitrogens with zero attached hydrogens (tertiary/aromatic N) is 1. The van der Waals surface area contributed by atoms with E-state index in [9.17, 15) is 5.11 Å². The molecule has 0 aliphatic carbocycles. The first-order valence-electron chi connectivity index (χ1n) is 6.54. The van der Waals surface area contributed by atoms with E-state index in [0.29, 0.717) is 5.75 Å². The van der Waals surface area contributed by atoms with E-state index in [0.717, 1.165) is 16.8 Å². The van der Waals surface area contributed by atoms with Gasteiger partial charge in [-0.25, -0.2) is 0 Å². The molecule has 0 aliphatic rings. The first-order valence-corrected chi connectivity index (χ1v) is 13.0. The maximum atomic E-state index is 9.89. The van der Waals surface area contributed by atoms with Crippen LogP contribution in [0.2, 0.25) is 0 Å². The van der Waals surface area contributed by atoms with Gasteiger partial charge in [-0.15, -0.1) is 0 Å². The number of aromatic hydroxyl groups is 1. The summed E-state index contributed by atoms with van der Waals surface area (Å²) in [5.74, 6) is 0.297. The van der Waals surface area contributed by atoms with Crippen molar-refractivity contribution >= 4 is 39.8 Å². The van der Waals surface area contributed by atoms with Gasteiger partial charge in [0.1, 0.15) is 5.75 Å². The Morgan fingerprint density at radius 3 is 2.09 bits per heavy atom. The summed E-state index contributed by atoms with van der Waals surface area (Å²) in [5, 5.41) is 9.89. The average molecular weight is 394 g/mol. The second-order valence-corrected chi connectivity index (χ2v) is 12.6. The predicted molar refractivity (Wildman–Crippen MR) is 93.6 cm³/mol. The van der Waals surface area contributed by atoms with Crippen molar-refractivity contribution in [3.63, 3.8) is 0 Å². The Kier molecular flexibility index (Phi) is 8.52. The molecule has 0 atom stereocenters. The van der Waals surface area contributed by atoms with Crippen molar-refractivity contribution in [3.8, 4) is 5.75 Å². The number of aryl methyl sites for hydroxylation is 3. The van der Waals surface area contributed by atoms with Gasteiger partial charge in [-0.3, -0.25) is 4.99 Å². The van der Waals surface area contributed by atoms with Crippen LogP contribution in [0.4, 0.5) is 5.69 Å². The van der Waals surface area contributed by atoms with Crippen LogP contribution in [0, 0.1) is 20.8 Å². The molecule has 0 fully saturated rings. The van der Waals surface area contributed by atoms with Gasteiger partial charge in [-0.05, 0) is 55.7 Å². The van der Waals surface area contributed by atoms with Crippen LogP contribution in [0.3, 0.4) is 0 Å². The molecule has 6 heteroatoms. The van der Waals surface area contributed by atoms with Crippen LogP contribution in [0.1, 0.15) is 22.3 Å². The van der Waals surface area contributed by atoms with Crippen LogP contribution in [0.15, 0.2) is 41.4 Å². The number of phenolic OH excluding ortho intramolecular Hbond substituents is 1. The van der Waals surface area contributed by atoms with E-state index in [1.807, 2.05) is 37.3 Å². The van der Waals surface area contributed by atoms with Crippen molar-refractivity contribution in [3.05, 3.63) is 58.7 Å². The van der Waals surface area contributed by atoms with Crippen LogP contribution >= 0.6 is 27.9 Å². The molecule has 2 rings (SSSR count). The van der Waals surface area contributed by atoms with Gasteiger partial charge in [0.15, 0.2) is 0 Å². The number of hydrogen-bond donors (Lipinski definition) is 1. The average Bonchev–Trinajstić information content (AvgIpc) is 2.39. The Balaban J connectivity index is 0.000000541. The summed E-state index contributed by atoms with van der Waals surface area (Å²) in [6, 6.07) is 11.8. The van der Waals surface area contributed by atoms with Gasteiger partial charge < -0.3 is 5.11 Å². The number of phenols is 1. The molecule has 0 amide bonds. The third-order valence-electron chi connectivity index (χ3n) is 2.83. The molecule has 0 spiro atoms. The van der Waals surface area contributed by atoms with E-state index >= 15 is 0 Å². The molecule has 2 nitrogen and oxygen atoms in total. The molecule has 0 heterocycles. The van der Waals surface area contributed by atoms with Gasteiger partial charge in [0.2, 0.25) is 0 Å². The van der Waals surface area contributed by atoms with Crippen LogP contribution in [0.25, 0.3) is 0 Å². The SMILES string of the molecule is Cc1cc(C)cc(N=Cc2cccc(C)c2O)c1.[Cl][Ti]([Cl])[Cl]. The fourth-order valence-corrected chi connectivity index (χ4v) is 1.96. The van der Waals surface area contributed by atoms with Gasteiger partial charge >= 0.3 is 42.6 Å². The monoisotopic (exact) mass is 392 g/mol. The third-order valence-corrected chi connectivity index (χ3v) is 2.83. The second-order valence-electron chi connectivity index (χ2n) is 4.83. The van der Waals surface area contributed by atoms with Crippen LogP contribution in [-0.4, -0.2) is 11.3 Å². The summed E-state index contributed by atoms with van der Waals surface area (Å²) in [4.78, 5) is 4.42. The molecule has 0 aromatic heterocycles. The molecule has 0 unspecified atom stereocenters. The predicted octanol–water partition coefficient (Wildman–Crippen LogP) is 6.13. The van der Waals surface area contributed by atoms with Crippen molar-refractivity contribution < 1.29 is 19.8 Å². The number of para-hydroxylation sites is 1. The fourth-order valence-electron chi connectivity index (χ4n) is 1.96. The number of benzene rings is 2.